The molecule has 2 rings (SSSR count). The first-order chi connectivity index (χ1) is 9.60. The Bertz CT molecular complexity index is 374. The Balaban J connectivity index is 0.00000220. The van der Waals surface area contributed by atoms with Gasteiger partial charge in [-0.05, 0) is 31.7 Å². The molecule has 0 spiro atoms. The van der Waals surface area contributed by atoms with Crippen molar-refractivity contribution in [1.82, 2.24) is 9.80 Å². The third-order valence-electron chi connectivity index (χ3n) is 4.82. The minimum Gasteiger partial charge on any atom is -0.342 e. The van der Waals surface area contributed by atoms with E-state index in [1.54, 1.807) is 0 Å². The summed E-state index contributed by atoms with van der Waals surface area (Å²) >= 11 is 0. The SMILES string of the molecule is CCC(CC)N1CC(C(=O)N2CCC(CN)C2)CC1=O.Cl. The molecule has 0 saturated carbocycles. The van der Waals surface area contributed by atoms with Crippen molar-refractivity contribution in [3.05, 3.63) is 0 Å². The molecule has 2 N–H and O–H groups in total. The number of hydrogen-bond donors (Lipinski definition) is 1. The molecule has 2 heterocycles. The average Bonchev–Trinajstić information content (AvgIpc) is 3.07. The quantitative estimate of drug-likeness (QED) is 0.830. The van der Waals surface area contributed by atoms with Crippen LogP contribution in [0.4, 0.5) is 0 Å². The van der Waals surface area contributed by atoms with Crippen molar-refractivity contribution in [1.29, 1.82) is 0 Å². The molecule has 21 heavy (non-hydrogen) atoms. The van der Waals surface area contributed by atoms with Gasteiger partial charge in [0.1, 0.15) is 0 Å². The Morgan fingerprint density at radius 2 is 2.00 bits per heavy atom. The van der Waals surface area contributed by atoms with E-state index in [9.17, 15) is 9.59 Å². The highest BCUT2D eigenvalue weighted by Crippen LogP contribution is 2.26. The first-order valence-corrected chi connectivity index (χ1v) is 7.88. The van der Waals surface area contributed by atoms with Crippen molar-refractivity contribution >= 4 is 24.2 Å². The van der Waals surface area contributed by atoms with Crippen LogP contribution in [0.3, 0.4) is 0 Å². The van der Waals surface area contributed by atoms with E-state index in [1.165, 1.54) is 0 Å². The molecule has 2 fully saturated rings. The summed E-state index contributed by atoms with van der Waals surface area (Å²) in [5.74, 6) is 0.597. The smallest absolute Gasteiger partial charge is 0.228 e. The molecule has 0 aromatic heterocycles. The van der Waals surface area contributed by atoms with Gasteiger partial charge in [-0.2, -0.15) is 0 Å². The van der Waals surface area contributed by atoms with Gasteiger partial charge >= 0.3 is 0 Å². The fraction of sp³-hybridized carbons (Fsp3) is 0.867. The lowest BCUT2D eigenvalue weighted by atomic mass is 10.1. The van der Waals surface area contributed by atoms with Crippen molar-refractivity contribution in [2.75, 3.05) is 26.2 Å². The van der Waals surface area contributed by atoms with E-state index in [0.717, 1.165) is 32.4 Å². The highest BCUT2D eigenvalue weighted by Gasteiger charge is 2.39. The molecule has 2 aliphatic rings. The molecule has 5 nitrogen and oxygen atoms in total. The average molecular weight is 318 g/mol. The first-order valence-electron chi connectivity index (χ1n) is 7.88. The monoisotopic (exact) mass is 317 g/mol. The molecule has 0 aliphatic carbocycles. The summed E-state index contributed by atoms with van der Waals surface area (Å²) in [6, 6.07) is 0.288. The van der Waals surface area contributed by atoms with Crippen LogP contribution in [-0.4, -0.2) is 53.8 Å². The van der Waals surface area contributed by atoms with Crippen LogP contribution in [0, 0.1) is 11.8 Å². The van der Waals surface area contributed by atoms with Crippen molar-refractivity contribution < 1.29 is 9.59 Å². The third kappa shape index (κ3) is 3.89. The minimum absolute atomic E-state index is 0. The summed E-state index contributed by atoms with van der Waals surface area (Å²) in [7, 11) is 0. The number of carbonyl (C=O) groups is 2. The highest BCUT2D eigenvalue weighted by atomic mass is 35.5. The number of likely N-dealkylation sites (tertiary alicyclic amines) is 2. The molecule has 2 unspecified atom stereocenters. The molecule has 0 bridgehead atoms. The summed E-state index contributed by atoms with van der Waals surface area (Å²) in [5, 5.41) is 0. The molecule has 2 atom stereocenters. The normalized spacial score (nSPS) is 25.6. The second-order valence-electron chi connectivity index (χ2n) is 6.09. The number of amides is 2. The van der Waals surface area contributed by atoms with E-state index in [-0.39, 0.29) is 36.2 Å². The molecule has 122 valence electrons. The predicted octanol–water partition coefficient (Wildman–Crippen LogP) is 1.25. The van der Waals surface area contributed by atoms with E-state index >= 15 is 0 Å². The van der Waals surface area contributed by atoms with E-state index < -0.39 is 0 Å². The van der Waals surface area contributed by atoms with Crippen LogP contribution in [0.5, 0.6) is 0 Å². The molecule has 2 saturated heterocycles. The zero-order valence-corrected chi connectivity index (χ0v) is 13.9. The molecular formula is C15H28ClN3O2. The summed E-state index contributed by atoms with van der Waals surface area (Å²) in [5.41, 5.74) is 5.67. The zero-order valence-electron chi connectivity index (χ0n) is 13.1. The first kappa shape index (κ1) is 18.2. The zero-order chi connectivity index (χ0) is 14.7. The molecule has 0 aromatic carbocycles. The summed E-state index contributed by atoms with van der Waals surface area (Å²) in [6.45, 7) is 7.02. The second-order valence-corrected chi connectivity index (χ2v) is 6.09. The van der Waals surface area contributed by atoms with Gasteiger partial charge in [-0.1, -0.05) is 13.8 Å². The maximum atomic E-state index is 12.5. The molecule has 2 amide bonds. The van der Waals surface area contributed by atoms with Gasteiger partial charge in [-0.25, -0.2) is 0 Å². The topological polar surface area (TPSA) is 66.6 Å². The van der Waals surface area contributed by atoms with E-state index in [1.807, 2.05) is 9.80 Å². The van der Waals surface area contributed by atoms with Crippen LogP contribution in [0.15, 0.2) is 0 Å². The Kier molecular flexibility index (Phi) is 6.94. The maximum absolute atomic E-state index is 12.5. The lowest BCUT2D eigenvalue weighted by Gasteiger charge is -2.26. The van der Waals surface area contributed by atoms with Gasteiger partial charge in [-0.15, -0.1) is 12.4 Å². The van der Waals surface area contributed by atoms with Crippen molar-refractivity contribution in [2.45, 2.75) is 45.6 Å². The number of nitrogens with zero attached hydrogens (tertiary/aromatic N) is 2. The number of hydrogen-bond acceptors (Lipinski definition) is 3. The molecular weight excluding hydrogens is 290 g/mol. The predicted molar refractivity (Wildman–Crippen MR) is 85.2 cm³/mol. The number of halogens is 1. The van der Waals surface area contributed by atoms with Gasteiger partial charge in [0, 0.05) is 32.1 Å². The minimum atomic E-state index is -0.139. The Labute approximate surface area is 133 Å². The fourth-order valence-corrected chi connectivity index (χ4v) is 3.46. The van der Waals surface area contributed by atoms with Crippen molar-refractivity contribution in [3.63, 3.8) is 0 Å². The largest absolute Gasteiger partial charge is 0.342 e. The van der Waals surface area contributed by atoms with Crippen LogP contribution >= 0.6 is 12.4 Å². The lowest BCUT2D eigenvalue weighted by Crippen LogP contribution is -2.39. The van der Waals surface area contributed by atoms with Gasteiger partial charge in [0.15, 0.2) is 0 Å². The van der Waals surface area contributed by atoms with Crippen LogP contribution in [0.2, 0.25) is 0 Å². The third-order valence-corrected chi connectivity index (χ3v) is 4.82. The Hall–Kier alpha value is -0.810. The van der Waals surface area contributed by atoms with E-state index in [4.69, 9.17) is 5.73 Å². The summed E-state index contributed by atoms with van der Waals surface area (Å²) in [6.07, 6.45) is 3.31. The van der Waals surface area contributed by atoms with Crippen LogP contribution in [-0.2, 0) is 9.59 Å². The second kappa shape index (κ2) is 7.99. The Morgan fingerprint density at radius 1 is 1.33 bits per heavy atom. The summed E-state index contributed by atoms with van der Waals surface area (Å²) < 4.78 is 0. The Morgan fingerprint density at radius 3 is 2.52 bits per heavy atom. The van der Waals surface area contributed by atoms with E-state index in [2.05, 4.69) is 13.8 Å². The van der Waals surface area contributed by atoms with Gasteiger partial charge in [0.05, 0.1) is 5.92 Å². The van der Waals surface area contributed by atoms with Crippen molar-refractivity contribution in [2.24, 2.45) is 17.6 Å². The van der Waals surface area contributed by atoms with Crippen LogP contribution in [0.1, 0.15) is 39.5 Å². The van der Waals surface area contributed by atoms with Crippen LogP contribution in [0.25, 0.3) is 0 Å². The van der Waals surface area contributed by atoms with E-state index in [0.29, 0.717) is 25.4 Å². The van der Waals surface area contributed by atoms with Gasteiger partial charge in [0.2, 0.25) is 11.8 Å². The number of carbonyl (C=O) groups excluding carboxylic acids is 2. The highest BCUT2D eigenvalue weighted by molar-refractivity contribution is 5.89. The molecule has 0 aromatic rings. The van der Waals surface area contributed by atoms with Crippen molar-refractivity contribution in [3.8, 4) is 0 Å². The lowest BCUT2D eigenvalue weighted by molar-refractivity contribution is -0.135. The van der Waals surface area contributed by atoms with Gasteiger partial charge in [0.25, 0.3) is 0 Å². The van der Waals surface area contributed by atoms with Gasteiger partial charge in [-0.3, -0.25) is 9.59 Å². The maximum Gasteiger partial charge on any atom is 0.228 e. The standard InChI is InChI=1S/C15H27N3O2.ClH/c1-3-13(4-2)18-10-12(7-14(18)19)15(20)17-6-5-11(8-16)9-17;/h11-13H,3-10,16H2,1-2H3;1H. The summed E-state index contributed by atoms with van der Waals surface area (Å²) in [4.78, 5) is 28.4. The number of rotatable bonds is 5. The molecule has 6 heteroatoms. The molecule has 2 aliphatic heterocycles. The molecule has 0 radical (unpaired) electrons. The number of nitrogens with two attached hydrogens (primary N) is 1. The van der Waals surface area contributed by atoms with Gasteiger partial charge < -0.3 is 15.5 Å². The van der Waals surface area contributed by atoms with Crippen LogP contribution < -0.4 is 5.73 Å². The fourth-order valence-electron chi connectivity index (χ4n) is 3.46.